The van der Waals surface area contributed by atoms with E-state index in [1.807, 2.05) is 43.3 Å². The molecule has 3 amide bonds. The van der Waals surface area contributed by atoms with Crippen LogP contribution in [0.2, 0.25) is 0 Å². The Balaban J connectivity index is 1.35. The molecule has 2 aromatic carbocycles. The van der Waals surface area contributed by atoms with Crippen LogP contribution in [0.5, 0.6) is 0 Å². The standard InChI is InChI=1S/C31H34FN3O4/c1-19-8-10-20(11-9-19)18-35-26(28(37)34-22-6-4-3-5-7-22)31-17-16-30(2,39-31)24(25(31)29(35)38)27(36)33-23-14-12-21(32)13-15-23/h8-17,22,24-26H,3-7,18H2,1-2H3,(H,33,36)(H,34,37)/t24-,25-,26-,30-,31+/m1/s1. The Morgan fingerprint density at radius 3 is 2.38 bits per heavy atom. The maximum absolute atomic E-state index is 14.2. The minimum absolute atomic E-state index is 0.0637. The van der Waals surface area contributed by atoms with Crippen molar-refractivity contribution in [1.82, 2.24) is 10.2 Å². The molecule has 2 saturated heterocycles. The highest BCUT2D eigenvalue weighted by atomic mass is 19.1. The Morgan fingerprint density at radius 1 is 1.00 bits per heavy atom. The quantitative estimate of drug-likeness (QED) is 0.546. The number of hydrogen-bond donors (Lipinski definition) is 2. The molecule has 7 nitrogen and oxygen atoms in total. The first-order valence-corrected chi connectivity index (χ1v) is 13.8. The van der Waals surface area contributed by atoms with E-state index in [0.717, 1.165) is 43.2 Å². The van der Waals surface area contributed by atoms with Crippen molar-refractivity contribution >= 4 is 23.4 Å². The summed E-state index contributed by atoms with van der Waals surface area (Å²) in [6.45, 7) is 4.02. The third kappa shape index (κ3) is 4.35. The molecule has 1 saturated carbocycles. The van der Waals surface area contributed by atoms with E-state index in [2.05, 4.69) is 10.6 Å². The summed E-state index contributed by atoms with van der Waals surface area (Å²) >= 11 is 0. The van der Waals surface area contributed by atoms with Crippen LogP contribution in [-0.4, -0.2) is 45.9 Å². The Labute approximate surface area is 227 Å². The number of likely N-dealkylation sites (tertiary alicyclic amines) is 1. The lowest BCUT2D eigenvalue weighted by Gasteiger charge is -2.34. The highest BCUT2D eigenvalue weighted by Gasteiger charge is 2.76. The maximum Gasteiger partial charge on any atom is 0.246 e. The number of hydrogen-bond acceptors (Lipinski definition) is 4. The van der Waals surface area contributed by atoms with Gasteiger partial charge >= 0.3 is 0 Å². The Bertz CT molecular complexity index is 1320. The number of carbonyl (C=O) groups is 3. The van der Waals surface area contributed by atoms with E-state index in [-0.39, 0.29) is 24.4 Å². The third-order valence-corrected chi connectivity index (χ3v) is 8.86. The summed E-state index contributed by atoms with van der Waals surface area (Å²) in [5.41, 5.74) is 0.130. The lowest BCUT2D eigenvalue weighted by molar-refractivity contribution is -0.145. The van der Waals surface area contributed by atoms with Gasteiger partial charge in [0.1, 0.15) is 17.5 Å². The number of benzene rings is 2. The van der Waals surface area contributed by atoms with Crippen LogP contribution in [0.1, 0.15) is 50.2 Å². The number of amides is 3. The van der Waals surface area contributed by atoms with Crippen molar-refractivity contribution in [2.24, 2.45) is 11.8 Å². The monoisotopic (exact) mass is 531 g/mol. The Kier molecular flexibility index (Phi) is 6.33. The summed E-state index contributed by atoms with van der Waals surface area (Å²) in [6.07, 6.45) is 8.77. The largest absolute Gasteiger partial charge is 0.356 e. The number of aryl methyl sites for hydroxylation is 1. The van der Waals surface area contributed by atoms with Crippen molar-refractivity contribution in [2.45, 2.75) is 75.8 Å². The van der Waals surface area contributed by atoms with Crippen LogP contribution in [0, 0.1) is 24.6 Å². The van der Waals surface area contributed by atoms with Crippen LogP contribution < -0.4 is 10.6 Å². The first-order valence-electron chi connectivity index (χ1n) is 13.8. The van der Waals surface area contributed by atoms with E-state index in [0.29, 0.717) is 5.69 Å². The summed E-state index contributed by atoms with van der Waals surface area (Å²) in [7, 11) is 0. The molecule has 2 bridgehead atoms. The second-order valence-electron chi connectivity index (χ2n) is 11.6. The van der Waals surface area contributed by atoms with E-state index >= 15 is 0 Å². The summed E-state index contributed by atoms with van der Waals surface area (Å²) < 4.78 is 20.0. The molecule has 0 aromatic heterocycles. The van der Waals surface area contributed by atoms with Gasteiger partial charge < -0.3 is 20.3 Å². The topological polar surface area (TPSA) is 87.7 Å². The number of fused-ring (bicyclic) bond motifs is 1. The fourth-order valence-corrected chi connectivity index (χ4v) is 6.97. The van der Waals surface area contributed by atoms with Gasteiger partial charge in [0.05, 0.1) is 17.4 Å². The first kappa shape index (κ1) is 25.7. The first-order chi connectivity index (χ1) is 18.7. The lowest BCUT2D eigenvalue weighted by atomic mass is 9.70. The van der Waals surface area contributed by atoms with E-state index < -0.39 is 40.8 Å². The fraction of sp³-hybridized carbons (Fsp3) is 0.452. The number of halogens is 1. The molecule has 204 valence electrons. The van der Waals surface area contributed by atoms with Crippen LogP contribution >= 0.6 is 0 Å². The Hall–Kier alpha value is -3.52. The van der Waals surface area contributed by atoms with Gasteiger partial charge in [-0.3, -0.25) is 14.4 Å². The van der Waals surface area contributed by atoms with E-state index in [4.69, 9.17) is 4.74 Å². The highest BCUT2D eigenvalue weighted by Crippen LogP contribution is 2.60. The number of nitrogens with one attached hydrogen (secondary N) is 2. The van der Waals surface area contributed by atoms with Gasteiger partial charge in [0, 0.05) is 18.3 Å². The van der Waals surface area contributed by atoms with Gasteiger partial charge in [-0.2, -0.15) is 0 Å². The molecule has 2 N–H and O–H groups in total. The second-order valence-corrected chi connectivity index (χ2v) is 11.6. The highest BCUT2D eigenvalue weighted by molar-refractivity contribution is 6.03. The number of ether oxygens (including phenoxy) is 1. The smallest absolute Gasteiger partial charge is 0.246 e. The predicted molar refractivity (Wildman–Crippen MR) is 144 cm³/mol. The van der Waals surface area contributed by atoms with Crippen LogP contribution in [0.4, 0.5) is 10.1 Å². The second kappa shape index (κ2) is 9.59. The maximum atomic E-state index is 14.2. The molecular formula is C31H34FN3O4. The zero-order chi connectivity index (χ0) is 27.4. The van der Waals surface area contributed by atoms with E-state index in [9.17, 15) is 18.8 Å². The van der Waals surface area contributed by atoms with Crippen molar-refractivity contribution in [1.29, 1.82) is 0 Å². The summed E-state index contributed by atoms with van der Waals surface area (Å²) in [6, 6.07) is 12.5. The van der Waals surface area contributed by atoms with Crippen molar-refractivity contribution in [3.05, 3.63) is 77.6 Å². The summed E-state index contributed by atoms with van der Waals surface area (Å²) in [5, 5.41) is 6.06. The zero-order valence-electron chi connectivity index (χ0n) is 22.3. The van der Waals surface area contributed by atoms with Gasteiger partial charge in [-0.15, -0.1) is 0 Å². The van der Waals surface area contributed by atoms with Gasteiger partial charge in [-0.1, -0.05) is 61.2 Å². The minimum atomic E-state index is -1.25. The van der Waals surface area contributed by atoms with Crippen LogP contribution in [-0.2, 0) is 25.7 Å². The third-order valence-electron chi connectivity index (χ3n) is 8.86. The Morgan fingerprint density at radius 2 is 1.69 bits per heavy atom. The minimum Gasteiger partial charge on any atom is -0.356 e. The van der Waals surface area contributed by atoms with E-state index in [1.54, 1.807) is 11.8 Å². The average molecular weight is 532 g/mol. The van der Waals surface area contributed by atoms with Gasteiger partial charge in [-0.05, 0) is 56.5 Å². The van der Waals surface area contributed by atoms with Crippen molar-refractivity contribution in [2.75, 3.05) is 5.32 Å². The molecule has 5 atom stereocenters. The van der Waals surface area contributed by atoms with Crippen LogP contribution in [0.3, 0.4) is 0 Å². The predicted octanol–water partition coefficient (Wildman–Crippen LogP) is 4.26. The SMILES string of the molecule is Cc1ccc(CN2C(=O)[C@H]3[C@H](C(=O)Nc4ccc(F)cc4)[C@@]4(C)C=C[C@@]3(O4)[C@H]2C(=O)NC2CCCCC2)cc1. The zero-order valence-corrected chi connectivity index (χ0v) is 22.3. The number of anilines is 1. The number of nitrogens with zero attached hydrogens (tertiary/aromatic N) is 1. The molecular weight excluding hydrogens is 497 g/mol. The average Bonchev–Trinajstić information content (AvgIpc) is 3.48. The number of rotatable bonds is 6. The lowest BCUT2D eigenvalue weighted by Crippen LogP contribution is -2.56. The van der Waals surface area contributed by atoms with Gasteiger partial charge in [0.2, 0.25) is 17.7 Å². The molecule has 6 rings (SSSR count). The summed E-state index contributed by atoms with van der Waals surface area (Å²) in [5.74, 6) is -3.02. The molecule has 0 radical (unpaired) electrons. The number of carbonyl (C=O) groups excluding carboxylic acids is 3. The molecule has 39 heavy (non-hydrogen) atoms. The van der Waals surface area contributed by atoms with Crippen molar-refractivity contribution < 1.29 is 23.5 Å². The van der Waals surface area contributed by atoms with Gasteiger partial charge in [0.15, 0.2) is 0 Å². The van der Waals surface area contributed by atoms with Crippen molar-refractivity contribution in [3.63, 3.8) is 0 Å². The molecule has 4 aliphatic rings. The molecule has 1 aliphatic carbocycles. The van der Waals surface area contributed by atoms with E-state index in [1.165, 1.54) is 24.3 Å². The fourth-order valence-electron chi connectivity index (χ4n) is 6.97. The molecule has 3 aliphatic heterocycles. The molecule has 2 aromatic rings. The molecule has 3 fully saturated rings. The molecule has 0 unspecified atom stereocenters. The van der Waals surface area contributed by atoms with Crippen LogP contribution in [0.25, 0.3) is 0 Å². The van der Waals surface area contributed by atoms with Crippen LogP contribution in [0.15, 0.2) is 60.7 Å². The molecule has 1 spiro atoms. The van der Waals surface area contributed by atoms with Gasteiger partial charge in [0.25, 0.3) is 0 Å². The van der Waals surface area contributed by atoms with Gasteiger partial charge in [-0.25, -0.2) is 4.39 Å². The summed E-state index contributed by atoms with van der Waals surface area (Å²) in [4.78, 5) is 43.5. The molecule has 3 heterocycles. The molecule has 8 heteroatoms. The van der Waals surface area contributed by atoms with Crippen molar-refractivity contribution in [3.8, 4) is 0 Å². The normalized spacial score (nSPS) is 31.4.